The Kier molecular flexibility index (Phi) is 4.72. The zero-order chi connectivity index (χ0) is 11.3. The van der Waals surface area contributed by atoms with Crippen LogP contribution in [0.4, 0.5) is 5.69 Å². The van der Waals surface area contributed by atoms with E-state index in [-0.39, 0.29) is 6.10 Å². The third-order valence-corrected chi connectivity index (χ3v) is 2.48. The highest BCUT2D eigenvalue weighted by molar-refractivity contribution is 6.32. The molecule has 84 valence electrons. The van der Waals surface area contributed by atoms with E-state index in [4.69, 9.17) is 16.3 Å². The predicted octanol–water partition coefficient (Wildman–Crippen LogP) is 2.53. The highest BCUT2D eigenvalue weighted by Crippen LogP contribution is 2.27. The van der Waals surface area contributed by atoms with Crippen LogP contribution < -0.4 is 10.1 Å². The summed E-state index contributed by atoms with van der Waals surface area (Å²) in [5.41, 5.74) is 0.892. The van der Waals surface area contributed by atoms with Crippen LogP contribution in [-0.2, 0) is 0 Å². The van der Waals surface area contributed by atoms with Crippen molar-refractivity contribution in [2.75, 3.05) is 19.0 Å². The molecule has 4 heteroatoms. The molecule has 0 aliphatic carbocycles. The van der Waals surface area contributed by atoms with Gasteiger partial charge in [0, 0.05) is 18.3 Å². The van der Waals surface area contributed by atoms with Crippen LogP contribution in [0.2, 0.25) is 5.02 Å². The van der Waals surface area contributed by atoms with Crippen molar-refractivity contribution in [1.82, 2.24) is 0 Å². The van der Waals surface area contributed by atoms with Crippen LogP contribution in [-0.4, -0.2) is 24.9 Å². The summed E-state index contributed by atoms with van der Waals surface area (Å²) in [7, 11) is 1.58. The van der Waals surface area contributed by atoms with Crippen molar-refractivity contribution >= 4 is 17.3 Å². The van der Waals surface area contributed by atoms with Gasteiger partial charge in [0.2, 0.25) is 0 Å². The zero-order valence-corrected chi connectivity index (χ0v) is 9.71. The molecule has 2 N–H and O–H groups in total. The van der Waals surface area contributed by atoms with Gasteiger partial charge < -0.3 is 15.2 Å². The molecule has 0 aromatic heterocycles. The van der Waals surface area contributed by atoms with E-state index in [1.165, 1.54) is 0 Å². The van der Waals surface area contributed by atoms with E-state index in [0.29, 0.717) is 17.3 Å². The Morgan fingerprint density at radius 3 is 2.87 bits per heavy atom. The molecule has 1 aromatic carbocycles. The number of rotatable bonds is 5. The SMILES string of the molecule is CCC(O)CNc1ccc(Cl)c(OC)c1. The summed E-state index contributed by atoms with van der Waals surface area (Å²) < 4.78 is 5.08. The van der Waals surface area contributed by atoms with Gasteiger partial charge in [0.25, 0.3) is 0 Å². The average molecular weight is 230 g/mol. The molecule has 0 aliphatic rings. The Morgan fingerprint density at radius 2 is 2.27 bits per heavy atom. The number of ether oxygens (including phenoxy) is 1. The first kappa shape index (κ1) is 12.1. The summed E-state index contributed by atoms with van der Waals surface area (Å²) in [6, 6.07) is 5.43. The Balaban J connectivity index is 2.62. The minimum absolute atomic E-state index is 0.327. The molecule has 1 rings (SSSR count). The molecule has 0 bridgehead atoms. The molecule has 15 heavy (non-hydrogen) atoms. The first-order valence-electron chi connectivity index (χ1n) is 4.92. The van der Waals surface area contributed by atoms with Crippen molar-refractivity contribution in [1.29, 1.82) is 0 Å². The fourth-order valence-electron chi connectivity index (χ4n) is 1.15. The first-order chi connectivity index (χ1) is 7.17. The smallest absolute Gasteiger partial charge is 0.139 e. The highest BCUT2D eigenvalue weighted by atomic mass is 35.5. The van der Waals surface area contributed by atoms with E-state index < -0.39 is 0 Å². The monoisotopic (exact) mass is 229 g/mol. The lowest BCUT2D eigenvalue weighted by Crippen LogP contribution is -2.18. The molecule has 0 aliphatic heterocycles. The largest absolute Gasteiger partial charge is 0.495 e. The van der Waals surface area contributed by atoms with Gasteiger partial charge in [-0.1, -0.05) is 18.5 Å². The van der Waals surface area contributed by atoms with E-state index >= 15 is 0 Å². The quantitative estimate of drug-likeness (QED) is 0.815. The highest BCUT2D eigenvalue weighted by Gasteiger charge is 2.03. The van der Waals surface area contributed by atoms with Crippen LogP contribution in [0.15, 0.2) is 18.2 Å². The van der Waals surface area contributed by atoms with Gasteiger partial charge in [0.1, 0.15) is 5.75 Å². The van der Waals surface area contributed by atoms with Gasteiger partial charge >= 0.3 is 0 Å². The van der Waals surface area contributed by atoms with Gasteiger partial charge in [0.05, 0.1) is 18.2 Å². The lowest BCUT2D eigenvalue weighted by Gasteiger charge is -2.12. The summed E-state index contributed by atoms with van der Waals surface area (Å²) in [6.07, 6.45) is 0.407. The van der Waals surface area contributed by atoms with Gasteiger partial charge in [-0.2, -0.15) is 0 Å². The molecular formula is C11H16ClNO2. The lowest BCUT2D eigenvalue weighted by atomic mass is 10.2. The molecule has 0 amide bonds. The minimum Gasteiger partial charge on any atom is -0.495 e. The average Bonchev–Trinajstić information content (AvgIpc) is 2.27. The summed E-state index contributed by atoms with van der Waals surface area (Å²) in [5.74, 6) is 0.632. The Bertz CT molecular complexity index is 317. The fraction of sp³-hybridized carbons (Fsp3) is 0.455. The topological polar surface area (TPSA) is 41.5 Å². The van der Waals surface area contributed by atoms with Crippen LogP contribution in [0, 0.1) is 0 Å². The third kappa shape index (κ3) is 3.61. The van der Waals surface area contributed by atoms with E-state index in [9.17, 15) is 5.11 Å². The number of nitrogens with one attached hydrogen (secondary N) is 1. The van der Waals surface area contributed by atoms with Crippen LogP contribution >= 0.6 is 11.6 Å². The Hall–Kier alpha value is -0.930. The molecule has 1 atom stereocenters. The number of hydrogen-bond acceptors (Lipinski definition) is 3. The van der Waals surface area contributed by atoms with Crippen molar-refractivity contribution in [3.63, 3.8) is 0 Å². The maximum Gasteiger partial charge on any atom is 0.139 e. The molecule has 1 unspecified atom stereocenters. The molecule has 0 heterocycles. The summed E-state index contributed by atoms with van der Waals surface area (Å²) >= 11 is 5.88. The van der Waals surface area contributed by atoms with Gasteiger partial charge in [-0.3, -0.25) is 0 Å². The van der Waals surface area contributed by atoms with Gasteiger partial charge in [-0.15, -0.1) is 0 Å². The summed E-state index contributed by atoms with van der Waals surface area (Å²) in [4.78, 5) is 0. The molecule has 0 radical (unpaired) electrons. The molecule has 0 saturated carbocycles. The normalized spacial score (nSPS) is 12.3. The minimum atomic E-state index is -0.327. The second-order valence-electron chi connectivity index (χ2n) is 3.29. The molecule has 0 saturated heterocycles. The fourth-order valence-corrected chi connectivity index (χ4v) is 1.34. The van der Waals surface area contributed by atoms with Crippen LogP contribution in [0.3, 0.4) is 0 Å². The van der Waals surface area contributed by atoms with Crippen molar-refractivity contribution in [2.24, 2.45) is 0 Å². The lowest BCUT2D eigenvalue weighted by molar-refractivity contribution is 0.183. The Morgan fingerprint density at radius 1 is 1.53 bits per heavy atom. The second kappa shape index (κ2) is 5.83. The maximum atomic E-state index is 9.38. The van der Waals surface area contributed by atoms with Gasteiger partial charge in [0.15, 0.2) is 0 Å². The van der Waals surface area contributed by atoms with E-state index in [0.717, 1.165) is 12.1 Å². The van der Waals surface area contributed by atoms with Gasteiger partial charge in [-0.25, -0.2) is 0 Å². The summed E-state index contributed by atoms with van der Waals surface area (Å²) in [5, 5.41) is 13.1. The number of anilines is 1. The van der Waals surface area contributed by atoms with E-state index in [1.807, 2.05) is 19.1 Å². The molecule has 1 aromatic rings. The van der Waals surface area contributed by atoms with E-state index in [1.54, 1.807) is 13.2 Å². The van der Waals surface area contributed by atoms with Crippen LogP contribution in [0.25, 0.3) is 0 Å². The van der Waals surface area contributed by atoms with Crippen LogP contribution in [0.5, 0.6) is 5.75 Å². The number of benzene rings is 1. The first-order valence-corrected chi connectivity index (χ1v) is 5.30. The molecule has 0 fully saturated rings. The van der Waals surface area contributed by atoms with Crippen molar-refractivity contribution in [3.8, 4) is 5.75 Å². The van der Waals surface area contributed by atoms with Crippen molar-refractivity contribution < 1.29 is 9.84 Å². The number of methoxy groups -OCH3 is 1. The van der Waals surface area contributed by atoms with E-state index in [2.05, 4.69) is 5.32 Å². The molecule has 0 spiro atoms. The van der Waals surface area contributed by atoms with Crippen molar-refractivity contribution in [3.05, 3.63) is 23.2 Å². The third-order valence-electron chi connectivity index (χ3n) is 2.16. The number of hydrogen-bond donors (Lipinski definition) is 2. The zero-order valence-electron chi connectivity index (χ0n) is 8.96. The number of aliphatic hydroxyl groups is 1. The molecule has 3 nitrogen and oxygen atoms in total. The number of halogens is 1. The standard InChI is InChI=1S/C11H16ClNO2/c1-3-9(14)7-13-8-4-5-10(12)11(6-8)15-2/h4-6,9,13-14H,3,7H2,1-2H3. The maximum absolute atomic E-state index is 9.38. The second-order valence-corrected chi connectivity index (χ2v) is 3.70. The Labute approximate surface area is 95.0 Å². The van der Waals surface area contributed by atoms with Crippen molar-refractivity contribution in [2.45, 2.75) is 19.4 Å². The van der Waals surface area contributed by atoms with Crippen LogP contribution in [0.1, 0.15) is 13.3 Å². The molecular weight excluding hydrogens is 214 g/mol. The van der Waals surface area contributed by atoms with Gasteiger partial charge in [-0.05, 0) is 18.6 Å². The predicted molar refractivity (Wildman–Crippen MR) is 62.8 cm³/mol. The number of aliphatic hydroxyl groups excluding tert-OH is 1. The summed E-state index contributed by atoms with van der Waals surface area (Å²) in [6.45, 7) is 2.47.